The van der Waals surface area contributed by atoms with Crippen LogP contribution in [0.2, 0.25) is 0 Å². The van der Waals surface area contributed by atoms with E-state index in [0.717, 1.165) is 39.0 Å². The number of fused-ring (bicyclic) bond motifs is 5. The third-order valence-electron chi connectivity index (χ3n) is 9.64. The van der Waals surface area contributed by atoms with Crippen LogP contribution in [0.5, 0.6) is 0 Å². The van der Waals surface area contributed by atoms with Gasteiger partial charge in [0.05, 0.1) is 11.4 Å². The molecule has 0 saturated heterocycles. The van der Waals surface area contributed by atoms with Crippen LogP contribution in [0.3, 0.4) is 0 Å². The third kappa shape index (κ3) is 5.54. The van der Waals surface area contributed by atoms with Crippen molar-refractivity contribution in [1.29, 1.82) is 0 Å². The van der Waals surface area contributed by atoms with Crippen molar-refractivity contribution in [3.63, 3.8) is 0 Å². The first-order valence-electron chi connectivity index (χ1n) is 16.1. The number of carbonyl (C=O) groups is 2. The van der Waals surface area contributed by atoms with E-state index in [-0.39, 0.29) is 17.4 Å². The Morgan fingerprint density at radius 2 is 1.57 bits per heavy atom. The molecule has 0 bridgehead atoms. The smallest absolute Gasteiger partial charge is 0.188 e. The van der Waals surface area contributed by atoms with E-state index < -0.39 is 12.0 Å². The Balaban J connectivity index is 0.000000259. The molecule has 0 radical (unpaired) electrons. The molecular weight excluding hydrogens is 573 g/mol. The Kier molecular flexibility index (Phi) is 8.29. The maximum atomic E-state index is 15.1. The molecule has 3 N–H and O–H groups in total. The first-order chi connectivity index (χ1) is 22.5. The quantitative estimate of drug-likeness (QED) is 0.256. The summed E-state index contributed by atoms with van der Waals surface area (Å²) in [5, 5.41) is 6.72. The molecule has 6 heteroatoms. The fourth-order valence-corrected chi connectivity index (χ4v) is 7.33. The summed E-state index contributed by atoms with van der Waals surface area (Å²) in [6.07, 6.45) is 14.0. The molecule has 3 aliphatic carbocycles. The molecular formula is C40H36FN3O2. The largest absolute Gasteiger partial charge is 0.360 e. The number of nitrogens with two attached hydrogens (primary N) is 1. The van der Waals surface area contributed by atoms with Crippen molar-refractivity contribution < 1.29 is 14.0 Å². The van der Waals surface area contributed by atoms with Gasteiger partial charge in [-0.05, 0) is 75.0 Å². The van der Waals surface area contributed by atoms with Gasteiger partial charge in [0, 0.05) is 29.5 Å². The standard InChI is InChI=1S/C31H28FNO2.C9H8N2/c32-26-12-6-5-11-21(26)25-17-19-9-3-4-10-20(19)22-15-16-23-24(14-13-18-7-1-2-8-18)30(34)29(33)31(35)28(23)27(22)25;1-2-5-9-8(4-1)10-6-3-7-11-9/h3-6,9-12,15-18,25,29H,1-2,7-8,13-14,33H2;1-7,10H. The SMILES string of the molecule is C1=CNc2ccccc2N=C1.NC1C(=O)C(CCC2CCCC2)=c2ccc3c(c2C1=O)C(c1ccccc1F)C=c1ccccc1=3. The number of hydrogen-bond acceptors (Lipinski definition) is 5. The summed E-state index contributed by atoms with van der Waals surface area (Å²) >= 11 is 0. The molecule has 8 rings (SSSR count). The van der Waals surface area contributed by atoms with Crippen LogP contribution < -0.4 is 21.5 Å². The number of allylic oxidation sites excluding steroid dienone is 1. The lowest BCUT2D eigenvalue weighted by Gasteiger charge is -2.27. The monoisotopic (exact) mass is 609 g/mol. The van der Waals surface area contributed by atoms with Crippen LogP contribution in [0, 0.1) is 22.2 Å². The molecule has 46 heavy (non-hydrogen) atoms. The average molecular weight is 610 g/mol. The highest BCUT2D eigenvalue weighted by Crippen LogP contribution is 2.35. The first kappa shape index (κ1) is 29.8. The molecule has 0 aromatic heterocycles. The summed E-state index contributed by atoms with van der Waals surface area (Å²) in [6.45, 7) is 0. The molecule has 4 aromatic carbocycles. The van der Waals surface area contributed by atoms with E-state index in [9.17, 15) is 9.59 Å². The van der Waals surface area contributed by atoms with Gasteiger partial charge in [-0.1, -0.05) is 98.5 Å². The number of carbonyl (C=O) groups excluding carboxylic acids is 2. The molecule has 0 spiro atoms. The Bertz CT molecular complexity index is 2130. The molecule has 230 valence electrons. The van der Waals surface area contributed by atoms with Crippen molar-refractivity contribution in [2.75, 3.05) is 5.32 Å². The number of Topliss-reactive ketones (excluding diaryl/α,β-unsaturated/α-hetero) is 2. The lowest BCUT2D eigenvalue weighted by Crippen LogP contribution is -2.48. The number of ketones is 2. The Morgan fingerprint density at radius 1 is 0.826 bits per heavy atom. The van der Waals surface area contributed by atoms with Gasteiger partial charge in [0.1, 0.15) is 11.9 Å². The van der Waals surface area contributed by atoms with E-state index in [1.807, 2.05) is 85.1 Å². The van der Waals surface area contributed by atoms with E-state index >= 15 is 4.39 Å². The Hall–Kier alpha value is -4.94. The van der Waals surface area contributed by atoms with E-state index in [1.165, 1.54) is 31.7 Å². The topological polar surface area (TPSA) is 84.5 Å². The van der Waals surface area contributed by atoms with Crippen molar-refractivity contribution in [2.45, 2.75) is 50.5 Å². The maximum absolute atomic E-state index is 15.1. The first-order valence-corrected chi connectivity index (χ1v) is 16.1. The van der Waals surface area contributed by atoms with Gasteiger partial charge in [-0.25, -0.2) is 4.39 Å². The highest BCUT2D eigenvalue weighted by molar-refractivity contribution is 6.32. The summed E-state index contributed by atoms with van der Waals surface area (Å²) in [7, 11) is 0. The number of para-hydroxylation sites is 2. The average Bonchev–Trinajstić information content (AvgIpc) is 3.50. The maximum Gasteiger partial charge on any atom is 0.188 e. The summed E-state index contributed by atoms with van der Waals surface area (Å²) in [4.78, 5) is 31.0. The van der Waals surface area contributed by atoms with Crippen LogP contribution in [0.4, 0.5) is 15.8 Å². The van der Waals surface area contributed by atoms with Crippen LogP contribution in [0.25, 0.3) is 11.6 Å². The fraction of sp³-hybridized carbons (Fsp3) is 0.225. The van der Waals surface area contributed by atoms with Gasteiger partial charge in [0.25, 0.3) is 0 Å². The van der Waals surface area contributed by atoms with E-state index in [0.29, 0.717) is 34.3 Å². The van der Waals surface area contributed by atoms with Crippen LogP contribution >= 0.6 is 0 Å². The zero-order valence-corrected chi connectivity index (χ0v) is 25.6. The van der Waals surface area contributed by atoms with E-state index in [4.69, 9.17) is 5.73 Å². The van der Waals surface area contributed by atoms with E-state index in [2.05, 4.69) is 10.3 Å². The van der Waals surface area contributed by atoms with Crippen LogP contribution in [-0.4, -0.2) is 23.8 Å². The second kappa shape index (κ2) is 12.8. The molecule has 2 unspecified atom stereocenters. The molecule has 5 nitrogen and oxygen atoms in total. The predicted octanol–water partition coefficient (Wildman–Crippen LogP) is 6.58. The Labute approximate surface area is 267 Å². The summed E-state index contributed by atoms with van der Waals surface area (Å²) in [5.41, 5.74) is 10.7. The van der Waals surface area contributed by atoms with Crippen LogP contribution in [0.1, 0.15) is 65.9 Å². The van der Waals surface area contributed by atoms with Gasteiger partial charge in [-0.2, -0.15) is 0 Å². The lowest BCUT2D eigenvalue weighted by molar-refractivity contribution is -0.114. The number of anilines is 1. The van der Waals surface area contributed by atoms with Crippen molar-refractivity contribution in [3.8, 4) is 0 Å². The zero-order valence-electron chi connectivity index (χ0n) is 25.6. The van der Waals surface area contributed by atoms with Gasteiger partial charge >= 0.3 is 0 Å². The molecule has 0 amide bonds. The molecule has 1 saturated carbocycles. The van der Waals surface area contributed by atoms with Gasteiger partial charge in [0.2, 0.25) is 0 Å². The van der Waals surface area contributed by atoms with Crippen LogP contribution in [0.15, 0.2) is 102 Å². The highest BCUT2D eigenvalue weighted by Gasteiger charge is 2.36. The molecule has 1 aliphatic heterocycles. The van der Waals surface area contributed by atoms with Gasteiger partial charge in [-0.15, -0.1) is 0 Å². The number of nitrogens with one attached hydrogen (secondary N) is 1. The minimum Gasteiger partial charge on any atom is -0.360 e. The molecule has 1 fully saturated rings. The minimum absolute atomic E-state index is 0.261. The number of nitrogens with zero attached hydrogens (tertiary/aromatic N) is 1. The second-order valence-corrected chi connectivity index (χ2v) is 12.4. The molecule has 4 aromatic rings. The minimum atomic E-state index is -1.20. The van der Waals surface area contributed by atoms with E-state index in [1.54, 1.807) is 18.3 Å². The van der Waals surface area contributed by atoms with Gasteiger partial charge in [0.15, 0.2) is 11.6 Å². The summed E-state index contributed by atoms with van der Waals surface area (Å²) in [6, 6.07) is 25.3. The van der Waals surface area contributed by atoms with Crippen molar-refractivity contribution >= 4 is 40.8 Å². The summed E-state index contributed by atoms with van der Waals surface area (Å²) < 4.78 is 15.1. The van der Waals surface area contributed by atoms with Crippen molar-refractivity contribution in [1.82, 2.24) is 0 Å². The van der Waals surface area contributed by atoms with Crippen LogP contribution in [-0.2, 0) is 4.79 Å². The van der Waals surface area contributed by atoms with Crippen molar-refractivity contribution in [3.05, 3.63) is 141 Å². The normalized spacial score (nSPS) is 19.5. The predicted molar refractivity (Wildman–Crippen MR) is 182 cm³/mol. The molecule has 1 heterocycles. The van der Waals surface area contributed by atoms with Gasteiger partial charge < -0.3 is 11.1 Å². The Morgan fingerprint density at radius 3 is 2.41 bits per heavy atom. The summed E-state index contributed by atoms with van der Waals surface area (Å²) in [5.74, 6) is -0.762. The number of aliphatic imine (C=N–C) groups is 1. The number of benzene rings is 4. The highest BCUT2D eigenvalue weighted by atomic mass is 19.1. The number of rotatable bonds is 4. The number of halogens is 1. The zero-order chi connectivity index (χ0) is 31.6. The third-order valence-corrected chi connectivity index (χ3v) is 9.64. The molecule has 4 aliphatic rings. The number of hydrogen-bond donors (Lipinski definition) is 2. The van der Waals surface area contributed by atoms with Gasteiger partial charge in [-0.3, -0.25) is 14.6 Å². The van der Waals surface area contributed by atoms with Crippen molar-refractivity contribution in [2.24, 2.45) is 16.6 Å². The fourth-order valence-electron chi connectivity index (χ4n) is 7.33. The second-order valence-electron chi connectivity index (χ2n) is 12.4. The lowest BCUT2D eigenvalue weighted by atomic mass is 9.76. The molecule has 2 atom stereocenters.